The van der Waals surface area contributed by atoms with E-state index in [1.807, 2.05) is 30.3 Å². The van der Waals surface area contributed by atoms with E-state index in [0.717, 1.165) is 5.56 Å². The van der Waals surface area contributed by atoms with Crippen molar-refractivity contribution in [1.29, 1.82) is 0 Å². The largest absolute Gasteiger partial charge is 0.482 e. The minimum atomic E-state index is -0.960. The number of hydrogen-bond donors (Lipinski definition) is 3. The highest BCUT2D eigenvalue weighted by Crippen LogP contribution is 2.19. The number of esters is 1. The van der Waals surface area contributed by atoms with Gasteiger partial charge in [0.2, 0.25) is 5.91 Å². The molecule has 0 radical (unpaired) electrons. The molecule has 2 aromatic carbocycles. The maximum atomic E-state index is 13.1. The molecule has 41 heavy (non-hydrogen) atoms. The Bertz CT molecular complexity index is 1160. The van der Waals surface area contributed by atoms with Crippen molar-refractivity contribution in [1.82, 2.24) is 10.6 Å². The minimum Gasteiger partial charge on any atom is -0.482 e. The lowest BCUT2D eigenvalue weighted by atomic mass is 10.1. The number of alkyl carbamates (subject to hydrolysis) is 2. The number of anilines is 1. The molecule has 2 aromatic rings. The zero-order chi connectivity index (χ0) is 30.5. The number of ether oxygens (including phenoxy) is 4. The van der Waals surface area contributed by atoms with Crippen LogP contribution in [0.1, 0.15) is 59.9 Å². The lowest BCUT2D eigenvalue weighted by molar-refractivity contribution is -0.157. The zero-order valence-corrected chi connectivity index (χ0v) is 24.6. The Kier molecular flexibility index (Phi) is 12.4. The van der Waals surface area contributed by atoms with E-state index in [2.05, 4.69) is 16.0 Å². The summed E-state index contributed by atoms with van der Waals surface area (Å²) in [6.07, 6.45) is -0.757. The summed E-state index contributed by atoms with van der Waals surface area (Å²) in [5.74, 6) is -0.665. The predicted molar refractivity (Wildman–Crippen MR) is 153 cm³/mol. The van der Waals surface area contributed by atoms with Crippen molar-refractivity contribution in [2.45, 2.75) is 78.2 Å². The van der Waals surface area contributed by atoms with Crippen molar-refractivity contribution in [2.75, 3.05) is 18.5 Å². The first-order chi connectivity index (χ1) is 19.2. The molecule has 0 saturated heterocycles. The number of amides is 3. The quantitative estimate of drug-likeness (QED) is 0.185. The lowest BCUT2D eigenvalue weighted by Crippen LogP contribution is -2.46. The normalized spacial score (nSPS) is 12.0. The smallest absolute Gasteiger partial charge is 0.408 e. The molecule has 0 aliphatic carbocycles. The first-order valence-electron chi connectivity index (χ1n) is 13.4. The number of rotatable bonds is 12. The fraction of sp³-hybridized carbons (Fsp3) is 0.467. The third-order valence-corrected chi connectivity index (χ3v) is 5.04. The van der Waals surface area contributed by atoms with Gasteiger partial charge in [0.15, 0.2) is 6.61 Å². The van der Waals surface area contributed by atoms with Gasteiger partial charge in [0.05, 0.1) is 0 Å². The highest BCUT2D eigenvalue weighted by Gasteiger charge is 2.24. The molecule has 224 valence electrons. The molecule has 3 N–H and O–H groups in total. The second-order valence-electron chi connectivity index (χ2n) is 11.2. The van der Waals surface area contributed by atoms with Crippen LogP contribution in [0.2, 0.25) is 0 Å². The van der Waals surface area contributed by atoms with Crippen LogP contribution in [0, 0.1) is 0 Å². The number of carbonyl (C=O) groups excluding carboxylic acids is 4. The highest BCUT2D eigenvalue weighted by molar-refractivity contribution is 5.96. The minimum absolute atomic E-state index is 0.137. The molecule has 0 aliphatic heterocycles. The molecule has 2 rings (SSSR count). The Morgan fingerprint density at radius 1 is 0.829 bits per heavy atom. The number of carbonyl (C=O) groups is 4. The fourth-order valence-corrected chi connectivity index (χ4v) is 3.40. The van der Waals surface area contributed by atoms with E-state index < -0.39 is 41.3 Å². The fourth-order valence-electron chi connectivity index (χ4n) is 3.40. The summed E-state index contributed by atoms with van der Waals surface area (Å²) in [5.41, 5.74) is -0.130. The molecule has 0 bridgehead atoms. The van der Waals surface area contributed by atoms with Gasteiger partial charge in [0.25, 0.3) is 0 Å². The van der Waals surface area contributed by atoms with Crippen LogP contribution in [0.15, 0.2) is 54.6 Å². The monoisotopic (exact) mass is 571 g/mol. The average molecular weight is 572 g/mol. The van der Waals surface area contributed by atoms with Crippen molar-refractivity contribution in [3.63, 3.8) is 0 Å². The zero-order valence-electron chi connectivity index (χ0n) is 24.6. The van der Waals surface area contributed by atoms with Crippen molar-refractivity contribution in [2.24, 2.45) is 0 Å². The maximum absolute atomic E-state index is 13.1. The molecule has 0 aliphatic rings. The Hall–Kier alpha value is -4.28. The molecule has 0 unspecified atom stereocenters. The van der Waals surface area contributed by atoms with Gasteiger partial charge in [-0.3, -0.25) is 4.79 Å². The van der Waals surface area contributed by atoms with Gasteiger partial charge in [-0.1, -0.05) is 36.4 Å². The van der Waals surface area contributed by atoms with E-state index >= 15 is 0 Å². The second kappa shape index (κ2) is 15.5. The summed E-state index contributed by atoms with van der Waals surface area (Å²) in [4.78, 5) is 49.5. The molecule has 0 heterocycles. The van der Waals surface area contributed by atoms with Crippen molar-refractivity contribution in [3.8, 4) is 5.75 Å². The molecule has 1 atom stereocenters. The Labute approximate surface area is 241 Å². The van der Waals surface area contributed by atoms with Gasteiger partial charge in [0.1, 0.15) is 29.6 Å². The lowest BCUT2D eigenvalue weighted by Gasteiger charge is -2.23. The van der Waals surface area contributed by atoms with E-state index in [9.17, 15) is 19.2 Å². The van der Waals surface area contributed by atoms with Crippen molar-refractivity contribution < 1.29 is 38.1 Å². The molecule has 0 fully saturated rings. The summed E-state index contributed by atoms with van der Waals surface area (Å²) >= 11 is 0. The molecule has 0 aromatic heterocycles. The number of hydrogen-bond acceptors (Lipinski definition) is 8. The third kappa shape index (κ3) is 14.6. The third-order valence-electron chi connectivity index (χ3n) is 5.04. The Morgan fingerprint density at radius 3 is 2.17 bits per heavy atom. The van der Waals surface area contributed by atoms with Crippen molar-refractivity contribution >= 4 is 29.8 Å². The van der Waals surface area contributed by atoms with Crippen LogP contribution in [0.5, 0.6) is 5.75 Å². The van der Waals surface area contributed by atoms with E-state index in [1.165, 1.54) is 0 Å². The van der Waals surface area contributed by atoms with E-state index in [0.29, 0.717) is 17.9 Å². The topological polar surface area (TPSA) is 141 Å². The molecule has 3 amide bonds. The highest BCUT2D eigenvalue weighted by atomic mass is 16.6. The summed E-state index contributed by atoms with van der Waals surface area (Å²) in [6, 6.07) is 14.8. The first kappa shape index (κ1) is 32.9. The van der Waals surface area contributed by atoms with Gasteiger partial charge in [-0.25, -0.2) is 14.4 Å². The summed E-state index contributed by atoms with van der Waals surface area (Å²) in [7, 11) is 0. The average Bonchev–Trinajstić information content (AvgIpc) is 2.87. The molecular formula is C30H41N3O8. The molecule has 0 spiro atoms. The first-order valence-corrected chi connectivity index (χ1v) is 13.4. The summed E-state index contributed by atoms with van der Waals surface area (Å²) < 4.78 is 21.2. The Balaban J connectivity index is 1.93. The van der Waals surface area contributed by atoms with Crippen LogP contribution in [0.3, 0.4) is 0 Å². The summed E-state index contributed by atoms with van der Waals surface area (Å²) in [5, 5.41) is 7.98. The van der Waals surface area contributed by atoms with Crippen LogP contribution in [0.25, 0.3) is 0 Å². The van der Waals surface area contributed by atoms with Gasteiger partial charge < -0.3 is 34.9 Å². The van der Waals surface area contributed by atoms with Crippen LogP contribution < -0.4 is 20.7 Å². The van der Waals surface area contributed by atoms with E-state index in [1.54, 1.807) is 65.8 Å². The molecular weight excluding hydrogens is 530 g/mol. The predicted octanol–water partition coefficient (Wildman–Crippen LogP) is 4.95. The van der Waals surface area contributed by atoms with Gasteiger partial charge in [-0.05, 0) is 72.1 Å². The van der Waals surface area contributed by atoms with Crippen LogP contribution in [-0.4, -0.2) is 54.5 Å². The van der Waals surface area contributed by atoms with Gasteiger partial charge in [-0.15, -0.1) is 0 Å². The van der Waals surface area contributed by atoms with Gasteiger partial charge in [0, 0.05) is 18.3 Å². The van der Waals surface area contributed by atoms with Gasteiger partial charge in [-0.2, -0.15) is 0 Å². The van der Waals surface area contributed by atoms with Crippen LogP contribution in [-0.2, 0) is 30.4 Å². The Morgan fingerprint density at radius 2 is 1.51 bits per heavy atom. The van der Waals surface area contributed by atoms with E-state index in [4.69, 9.17) is 18.9 Å². The van der Waals surface area contributed by atoms with Gasteiger partial charge >= 0.3 is 18.2 Å². The number of benzene rings is 2. The standard InChI is InChI=1S/C30H41N3O8/c1-29(2,3)40-25(34)20-38-23-15-10-14-22(18-23)32-26(35)24(33-28(37)41-30(4,5)6)16-11-17-31-27(36)39-19-21-12-8-7-9-13-21/h7-10,12-15,18,24H,11,16-17,19-20H2,1-6H3,(H,31,36)(H,32,35)(H,33,37)/t24-/m0/s1. The SMILES string of the molecule is CC(C)(C)OC(=O)COc1cccc(NC(=O)[C@H](CCCNC(=O)OCc2ccccc2)NC(=O)OC(C)(C)C)c1. The second-order valence-corrected chi connectivity index (χ2v) is 11.2. The van der Waals surface area contributed by atoms with Crippen LogP contribution >= 0.6 is 0 Å². The molecule has 11 nitrogen and oxygen atoms in total. The molecule has 0 saturated carbocycles. The van der Waals surface area contributed by atoms with E-state index in [-0.39, 0.29) is 26.2 Å². The van der Waals surface area contributed by atoms with Crippen molar-refractivity contribution in [3.05, 3.63) is 60.2 Å². The number of nitrogens with one attached hydrogen (secondary N) is 3. The summed E-state index contributed by atoms with van der Waals surface area (Å²) in [6.45, 7) is 10.5. The maximum Gasteiger partial charge on any atom is 0.408 e. The van der Waals surface area contributed by atoms with Crippen LogP contribution in [0.4, 0.5) is 15.3 Å². The molecule has 11 heteroatoms.